The maximum absolute atomic E-state index is 15.7. The van der Waals surface area contributed by atoms with Gasteiger partial charge in [-0.05, 0) is 135 Å². The molecule has 9 aliphatic rings. The normalized spacial score (nSPS) is 49.2. The summed E-state index contributed by atoms with van der Waals surface area (Å²) in [5.74, 6) is -3.91. The number of aldehydes is 1. The molecule has 4 saturated heterocycles. The lowest BCUT2D eigenvalue weighted by atomic mass is 9.33. The van der Waals surface area contributed by atoms with Gasteiger partial charge < -0.3 is 113 Å². The number of aliphatic hydroxyl groups excluding tert-OH is 11. The smallest absolute Gasteiger partial charge is 0.335 e. The Morgan fingerprint density at radius 2 is 1.27 bits per heavy atom. The molecule has 0 radical (unpaired) electrons. The van der Waals surface area contributed by atoms with E-state index in [0.717, 1.165) is 17.9 Å². The number of aliphatic carboxylic acids is 1. The van der Waals surface area contributed by atoms with Crippen LogP contribution in [0.15, 0.2) is 42.0 Å². The molecule has 5 aliphatic carbocycles. The minimum Gasteiger partial charge on any atom is -0.497 e. The molecule has 8 fully saturated rings. The number of ether oxygens (including phenoxy) is 10. The molecule has 4 saturated carbocycles. The lowest BCUT2D eigenvalue weighted by molar-refractivity contribution is -0.373. The number of carbonyl (C=O) groups excluding carboxylic acids is 3. The molecule has 26 nitrogen and oxygen atoms in total. The van der Waals surface area contributed by atoms with Crippen molar-refractivity contribution in [2.24, 2.45) is 50.2 Å². The summed E-state index contributed by atoms with van der Waals surface area (Å²) in [4.78, 5) is 55.5. The summed E-state index contributed by atoms with van der Waals surface area (Å²) in [6.45, 7) is 14.6. The van der Waals surface area contributed by atoms with Crippen molar-refractivity contribution in [1.29, 1.82) is 0 Å². The molecule has 0 spiro atoms. The quantitative estimate of drug-likeness (QED) is 0.0375. The van der Waals surface area contributed by atoms with Crippen LogP contribution in [0.4, 0.5) is 0 Å². The number of carbonyl (C=O) groups is 4. The summed E-state index contributed by atoms with van der Waals surface area (Å²) in [5, 5.41) is 132. The maximum atomic E-state index is 15.7. The summed E-state index contributed by atoms with van der Waals surface area (Å²) < 4.78 is 59.7. The molecular weight excluding hydrogens is 1180 g/mol. The first kappa shape index (κ1) is 68.7. The maximum Gasteiger partial charge on any atom is 0.335 e. The van der Waals surface area contributed by atoms with Gasteiger partial charge in [0.25, 0.3) is 0 Å². The number of carboxylic acid groups (broad SMARTS) is 1. The number of aliphatic hydroxyl groups is 11. The Morgan fingerprint density at radius 1 is 0.633 bits per heavy atom. The Morgan fingerprint density at radius 3 is 1.90 bits per heavy atom. The molecule has 0 unspecified atom stereocenters. The highest BCUT2D eigenvalue weighted by atomic mass is 16.8. The number of esters is 2. The fraction of sp³-hybridized carbons (Fsp3) is 0.781. The topological polar surface area (TPSA) is 403 Å². The van der Waals surface area contributed by atoms with Crippen LogP contribution >= 0.6 is 0 Å². The van der Waals surface area contributed by atoms with E-state index in [-0.39, 0.29) is 30.6 Å². The van der Waals surface area contributed by atoms with E-state index < -0.39 is 198 Å². The SMILES string of the molecule is COc1ccc(/C=C/C(=O)O[C@@H]2[C@H](O)[C@@H](O[C@@H]3O[C@@H](C)[C@H](O)[C@@H](O)[C@H]3O)[C@H](OC(=O)[C@]34CCC(C)(C)C[C@H]3C3=CC[C@@H]5[C@@]6(C)CC[C@H](O[C@@H]7O[C@H](C(=O)O)[C@@H](O)[C@H](O)[C@H]7O[C@@H]7O[C@H](CO)[C@H](O)[C@H](O)[C@H]7O)[C@@](C)(C=O)[C@@H]6CC[C@@]5(C)[C@]3(C)C[C@H]4O)O[C@@H]2C)cc1. The Kier molecular flexibility index (Phi) is 19.5. The molecule has 0 aromatic heterocycles. The molecule has 1 aromatic rings. The van der Waals surface area contributed by atoms with Crippen molar-refractivity contribution in [2.45, 2.75) is 248 Å². The van der Waals surface area contributed by atoms with Gasteiger partial charge in [-0.15, -0.1) is 0 Å². The Labute approximate surface area is 521 Å². The first-order chi connectivity index (χ1) is 42.2. The molecule has 1 aromatic carbocycles. The van der Waals surface area contributed by atoms with Crippen molar-refractivity contribution in [3.63, 3.8) is 0 Å². The van der Waals surface area contributed by atoms with Gasteiger partial charge in [-0.2, -0.15) is 0 Å². The lowest BCUT2D eigenvalue weighted by Gasteiger charge is -2.71. The van der Waals surface area contributed by atoms with Crippen LogP contribution < -0.4 is 4.74 Å². The second-order valence-electron chi connectivity index (χ2n) is 28.6. The summed E-state index contributed by atoms with van der Waals surface area (Å²) >= 11 is 0. The number of carboxylic acids is 1. The molecule has 30 atom stereocenters. The molecule has 10 rings (SSSR count). The Bertz CT molecular complexity index is 2830. The fourth-order valence-corrected chi connectivity index (χ4v) is 17.5. The average Bonchev–Trinajstić information content (AvgIpc) is 0.672. The van der Waals surface area contributed by atoms with Gasteiger partial charge in [-0.25, -0.2) is 9.59 Å². The second kappa shape index (κ2) is 25.5. The number of hydrogen-bond donors (Lipinski definition) is 12. The van der Waals surface area contributed by atoms with Crippen LogP contribution in [0.5, 0.6) is 5.75 Å². The standard InChI is InChI=1S/C64H92O26/c1-28-40(69)42(71)46(75)54(82-28)89-52-48(77)49(86-39(68)17-12-30-10-13-31(81-9)14-11-30)29(2)83-56(52)90-58(80)64-23-22-59(3,4)24-33(64)32-15-16-36-60(5)20-19-38(61(6,27-66)35(60)18-21-62(36,7)63(32,8)25-37(64)67)85-57-51(45(74)44(73)50(87-57)53(78)79)88-55-47(76)43(72)41(70)34(26-65)84-55/h10-15,17,27-29,33-38,40-52,54-57,65,67,69-77H,16,18-26H2,1-9H3,(H,78,79)/b17-12+/t28-,29+,33-,34+,35+,36+,37+,38-,40-,41-,42+,43-,44-,45-,46+,47+,48-,49-,50-,51+,52+,54-,55-,56-,57+,60-,61-,62+,63+,64+/m0/s1. The molecular formula is C64H92O26. The molecule has 26 heteroatoms. The van der Waals surface area contributed by atoms with Gasteiger partial charge >= 0.3 is 17.9 Å². The number of hydrogen-bond acceptors (Lipinski definition) is 25. The van der Waals surface area contributed by atoms with E-state index in [4.69, 9.17) is 47.4 Å². The minimum absolute atomic E-state index is 0.107. The Hall–Kier alpha value is -4.14. The van der Waals surface area contributed by atoms with E-state index >= 15 is 4.79 Å². The first-order valence-corrected chi connectivity index (χ1v) is 31.4. The van der Waals surface area contributed by atoms with E-state index in [2.05, 4.69) is 40.7 Å². The Balaban J connectivity index is 0.920. The summed E-state index contributed by atoms with van der Waals surface area (Å²) in [5.41, 5.74) is -3.59. The van der Waals surface area contributed by atoms with Crippen LogP contribution in [0.3, 0.4) is 0 Å². The van der Waals surface area contributed by atoms with Crippen LogP contribution in [0.25, 0.3) is 6.08 Å². The molecule has 4 aliphatic heterocycles. The number of fused-ring (bicyclic) bond motifs is 7. The third-order valence-electron chi connectivity index (χ3n) is 23.1. The first-order valence-electron chi connectivity index (χ1n) is 31.4. The highest BCUT2D eigenvalue weighted by Gasteiger charge is 2.73. The van der Waals surface area contributed by atoms with Crippen LogP contribution in [-0.2, 0) is 61.8 Å². The molecule has 0 amide bonds. The van der Waals surface area contributed by atoms with Gasteiger partial charge in [0.05, 0.1) is 43.5 Å². The van der Waals surface area contributed by atoms with Crippen molar-refractivity contribution in [1.82, 2.24) is 0 Å². The van der Waals surface area contributed by atoms with E-state index in [1.807, 2.05) is 0 Å². The number of allylic oxidation sites excluding steroid dienone is 2. The molecule has 4 heterocycles. The van der Waals surface area contributed by atoms with Crippen molar-refractivity contribution in [3.05, 3.63) is 47.6 Å². The summed E-state index contributed by atoms with van der Waals surface area (Å²) in [6, 6.07) is 6.84. The zero-order valence-electron chi connectivity index (χ0n) is 52.2. The van der Waals surface area contributed by atoms with E-state index in [1.165, 1.54) is 27.0 Å². The number of benzene rings is 1. The highest BCUT2D eigenvalue weighted by Crippen LogP contribution is 2.76. The van der Waals surface area contributed by atoms with Crippen LogP contribution in [-0.4, -0.2) is 234 Å². The van der Waals surface area contributed by atoms with Crippen molar-refractivity contribution in [2.75, 3.05) is 13.7 Å². The summed E-state index contributed by atoms with van der Waals surface area (Å²) in [6.07, 6.45) is -28.0. The van der Waals surface area contributed by atoms with E-state index in [0.29, 0.717) is 49.8 Å². The van der Waals surface area contributed by atoms with Gasteiger partial charge in [0.1, 0.15) is 84.6 Å². The third-order valence-corrected chi connectivity index (χ3v) is 23.1. The van der Waals surface area contributed by atoms with Gasteiger partial charge in [-0.1, -0.05) is 65.3 Å². The minimum atomic E-state index is -2.10. The predicted molar refractivity (Wildman–Crippen MR) is 308 cm³/mol. The third kappa shape index (κ3) is 11.6. The van der Waals surface area contributed by atoms with E-state index in [9.17, 15) is 75.7 Å². The van der Waals surface area contributed by atoms with Crippen LogP contribution in [0.1, 0.15) is 119 Å². The van der Waals surface area contributed by atoms with E-state index in [1.54, 1.807) is 31.2 Å². The monoisotopic (exact) mass is 1280 g/mol. The van der Waals surface area contributed by atoms with Gasteiger partial charge in [0, 0.05) is 6.08 Å². The number of methoxy groups -OCH3 is 1. The largest absolute Gasteiger partial charge is 0.497 e. The number of rotatable bonds is 15. The van der Waals surface area contributed by atoms with Crippen LogP contribution in [0.2, 0.25) is 0 Å². The van der Waals surface area contributed by atoms with Crippen molar-refractivity contribution in [3.8, 4) is 5.75 Å². The summed E-state index contributed by atoms with van der Waals surface area (Å²) in [7, 11) is 1.52. The zero-order valence-corrected chi connectivity index (χ0v) is 52.2. The van der Waals surface area contributed by atoms with Gasteiger partial charge in [-0.3, -0.25) is 4.79 Å². The molecule has 504 valence electrons. The highest BCUT2D eigenvalue weighted by molar-refractivity contribution is 5.87. The van der Waals surface area contributed by atoms with Crippen LogP contribution in [0, 0.1) is 50.2 Å². The van der Waals surface area contributed by atoms with Gasteiger partial charge in [0.2, 0.25) is 6.29 Å². The van der Waals surface area contributed by atoms with Gasteiger partial charge in [0.15, 0.2) is 37.2 Å². The van der Waals surface area contributed by atoms with Crippen molar-refractivity contribution < 1.29 is 128 Å². The molecule has 90 heavy (non-hydrogen) atoms. The zero-order chi connectivity index (χ0) is 65.7. The molecule has 12 N–H and O–H groups in total. The van der Waals surface area contributed by atoms with Crippen molar-refractivity contribution >= 4 is 30.3 Å². The molecule has 0 bridgehead atoms. The lowest BCUT2D eigenvalue weighted by Crippen LogP contribution is -2.69. The second-order valence-corrected chi connectivity index (χ2v) is 28.6. The average molecular weight is 1280 g/mol. The predicted octanol–water partition coefficient (Wildman–Crippen LogP) is 0.535. The fourth-order valence-electron chi connectivity index (χ4n) is 17.5.